The van der Waals surface area contributed by atoms with Gasteiger partial charge < -0.3 is 10.1 Å². The molecule has 0 fully saturated rings. The Balaban J connectivity index is 1.53. The number of nitrogens with zero attached hydrogens (tertiary/aromatic N) is 2. The predicted octanol–water partition coefficient (Wildman–Crippen LogP) is 5.21. The minimum absolute atomic E-state index is 0.0979. The summed E-state index contributed by atoms with van der Waals surface area (Å²) in [5.41, 5.74) is 4.42. The minimum atomic E-state index is -0.0979. The quantitative estimate of drug-likeness (QED) is 0.490. The van der Waals surface area contributed by atoms with E-state index >= 15 is 0 Å². The summed E-state index contributed by atoms with van der Waals surface area (Å²) in [5, 5.41) is 5.49. The topological polar surface area (TPSA) is 55.6 Å². The summed E-state index contributed by atoms with van der Waals surface area (Å²) in [6.07, 6.45) is 2.21. The molecule has 0 bridgehead atoms. The number of benzene rings is 2. The highest BCUT2D eigenvalue weighted by Crippen LogP contribution is 2.26. The molecule has 2 aromatic carbocycles. The standard InChI is InChI=1S/C21H18ClN3O2S/c1-13-3-6-15(9-18(13)22)23-20(26)10-16-12-28-21-24-19(11-25(16)21)14-4-7-17(27-2)8-5-14/h3-9,11-12H,10H2,1-2H3,(H,23,26). The molecule has 7 heteroatoms. The van der Waals surface area contributed by atoms with Crippen molar-refractivity contribution in [2.24, 2.45) is 0 Å². The number of fused-ring (bicyclic) bond motifs is 1. The van der Waals surface area contributed by atoms with Crippen molar-refractivity contribution < 1.29 is 9.53 Å². The molecule has 2 aromatic heterocycles. The van der Waals surface area contributed by atoms with Gasteiger partial charge in [-0.25, -0.2) is 4.98 Å². The van der Waals surface area contributed by atoms with Gasteiger partial charge in [0.1, 0.15) is 5.75 Å². The van der Waals surface area contributed by atoms with E-state index in [-0.39, 0.29) is 12.3 Å². The molecular weight excluding hydrogens is 394 g/mol. The second kappa shape index (κ2) is 7.66. The van der Waals surface area contributed by atoms with Crippen molar-refractivity contribution in [3.8, 4) is 17.0 Å². The Morgan fingerprint density at radius 1 is 1.25 bits per heavy atom. The lowest BCUT2D eigenvalue weighted by atomic mass is 10.2. The van der Waals surface area contributed by atoms with Gasteiger partial charge in [-0.3, -0.25) is 9.20 Å². The molecule has 0 saturated carbocycles. The van der Waals surface area contributed by atoms with E-state index in [2.05, 4.69) is 10.3 Å². The van der Waals surface area contributed by atoms with Crippen molar-refractivity contribution in [1.82, 2.24) is 9.38 Å². The molecule has 4 rings (SSSR count). The van der Waals surface area contributed by atoms with Crippen LogP contribution in [0, 0.1) is 6.92 Å². The van der Waals surface area contributed by atoms with Gasteiger partial charge in [0.05, 0.1) is 19.2 Å². The third kappa shape index (κ3) is 3.74. The maximum absolute atomic E-state index is 12.5. The normalized spacial score (nSPS) is 11.0. The molecule has 0 aliphatic heterocycles. The zero-order valence-electron chi connectivity index (χ0n) is 15.4. The average molecular weight is 412 g/mol. The van der Waals surface area contributed by atoms with E-state index < -0.39 is 0 Å². The number of imidazole rings is 1. The first-order chi connectivity index (χ1) is 13.5. The van der Waals surface area contributed by atoms with Gasteiger partial charge in [-0.1, -0.05) is 17.7 Å². The number of methoxy groups -OCH3 is 1. The van der Waals surface area contributed by atoms with Crippen LogP contribution in [0.1, 0.15) is 11.3 Å². The van der Waals surface area contributed by atoms with Crippen LogP contribution in [0.3, 0.4) is 0 Å². The van der Waals surface area contributed by atoms with E-state index in [9.17, 15) is 4.79 Å². The molecule has 0 spiro atoms. The van der Waals surface area contributed by atoms with Gasteiger partial charge in [0.2, 0.25) is 5.91 Å². The summed E-state index contributed by atoms with van der Waals surface area (Å²) in [5.74, 6) is 0.706. The zero-order chi connectivity index (χ0) is 19.7. The molecular formula is C21H18ClN3O2S. The van der Waals surface area contributed by atoms with E-state index in [0.717, 1.165) is 33.2 Å². The Morgan fingerprint density at radius 3 is 2.75 bits per heavy atom. The number of hydrogen-bond acceptors (Lipinski definition) is 4. The molecule has 28 heavy (non-hydrogen) atoms. The number of halogens is 1. The fourth-order valence-corrected chi connectivity index (χ4v) is 3.95. The van der Waals surface area contributed by atoms with Crippen LogP contribution in [0.15, 0.2) is 54.0 Å². The Morgan fingerprint density at radius 2 is 2.04 bits per heavy atom. The van der Waals surface area contributed by atoms with E-state index in [1.54, 1.807) is 13.2 Å². The molecule has 4 aromatic rings. The van der Waals surface area contributed by atoms with Gasteiger partial charge in [-0.15, -0.1) is 11.3 Å². The maximum Gasteiger partial charge on any atom is 0.230 e. The molecule has 1 amide bonds. The summed E-state index contributed by atoms with van der Waals surface area (Å²) in [6.45, 7) is 1.93. The Kier molecular flexibility index (Phi) is 5.07. The molecule has 0 unspecified atom stereocenters. The number of aromatic nitrogens is 2. The molecule has 2 heterocycles. The highest BCUT2D eigenvalue weighted by atomic mass is 35.5. The number of anilines is 1. The van der Waals surface area contributed by atoms with E-state index in [1.165, 1.54) is 11.3 Å². The second-order valence-corrected chi connectivity index (χ2v) is 7.67. The third-order valence-electron chi connectivity index (χ3n) is 4.47. The number of carbonyl (C=O) groups is 1. The fraction of sp³-hybridized carbons (Fsp3) is 0.143. The first-order valence-electron chi connectivity index (χ1n) is 8.69. The van der Waals surface area contributed by atoms with Crippen molar-refractivity contribution in [2.45, 2.75) is 13.3 Å². The largest absolute Gasteiger partial charge is 0.497 e. The molecule has 0 saturated heterocycles. The molecule has 142 valence electrons. The molecule has 0 aliphatic rings. The molecule has 0 radical (unpaired) electrons. The second-order valence-electron chi connectivity index (χ2n) is 6.42. The number of thiazole rings is 1. The zero-order valence-corrected chi connectivity index (χ0v) is 17.0. The number of carbonyl (C=O) groups excluding carboxylic acids is 1. The molecule has 0 aliphatic carbocycles. The van der Waals surface area contributed by atoms with Crippen molar-refractivity contribution in [2.75, 3.05) is 12.4 Å². The van der Waals surface area contributed by atoms with Crippen molar-refractivity contribution in [3.63, 3.8) is 0 Å². The van der Waals surface area contributed by atoms with Gasteiger partial charge in [-0.05, 0) is 48.9 Å². The van der Waals surface area contributed by atoms with Crippen molar-refractivity contribution >= 4 is 39.5 Å². The van der Waals surface area contributed by atoms with E-state index in [0.29, 0.717) is 10.7 Å². The van der Waals surface area contributed by atoms with Crippen LogP contribution >= 0.6 is 22.9 Å². The molecule has 5 nitrogen and oxygen atoms in total. The van der Waals surface area contributed by atoms with Gasteiger partial charge in [0, 0.05) is 33.5 Å². The Labute approximate surface area is 171 Å². The first-order valence-corrected chi connectivity index (χ1v) is 9.95. The monoisotopic (exact) mass is 411 g/mol. The lowest BCUT2D eigenvalue weighted by Crippen LogP contribution is -2.15. The smallest absolute Gasteiger partial charge is 0.230 e. The van der Waals surface area contributed by atoms with Gasteiger partial charge in [0.25, 0.3) is 0 Å². The van der Waals surface area contributed by atoms with Gasteiger partial charge >= 0.3 is 0 Å². The van der Waals surface area contributed by atoms with Crippen LogP contribution in [-0.4, -0.2) is 22.4 Å². The van der Waals surface area contributed by atoms with Crippen molar-refractivity contribution in [1.29, 1.82) is 0 Å². The molecule has 0 atom stereocenters. The predicted molar refractivity (Wildman–Crippen MR) is 114 cm³/mol. The van der Waals surface area contributed by atoms with Crippen LogP contribution < -0.4 is 10.1 Å². The fourth-order valence-electron chi connectivity index (χ4n) is 2.90. The van der Waals surface area contributed by atoms with Crippen molar-refractivity contribution in [3.05, 3.63) is 70.3 Å². The van der Waals surface area contributed by atoms with E-state index in [4.69, 9.17) is 16.3 Å². The number of aryl methyl sites for hydroxylation is 1. The first kappa shape index (κ1) is 18.5. The summed E-state index contributed by atoms with van der Waals surface area (Å²) >= 11 is 7.64. The van der Waals surface area contributed by atoms with Crippen LogP contribution in [0.5, 0.6) is 5.75 Å². The highest BCUT2D eigenvalue weighted by Gasteiger charge is 2.13. The van der Waals surface area contributed by atoms with Gasteiger partial charge in [-0.2, -0.15) is 0 Å². The van der Waals surface area contributed by atoms with Crippen LogP contribution in [0.25, 0.3) is 16.2 Å². The summed E-state index contributed by atoms with van der Waals surface area (Å²) in [6, 6.07) is 13.3. The average Bonchev–Trinajstić information content (AvgIpc) is 3.27. The van der Waals surface area contributed by atoms with Crippen LogP contribution in [-0.2, 0) is 11.2 Å². The lowest BCUT2D eigenvalue weighted by Gasteiger charge is -2.06. The van der Waals surface area contributed by atoms with Crippen LogP contribution in [0.4, 0.5) is 5.69 Å². The Hall–Kier alpha value is -2.83. The molecule has 1 N–H and O–H groups in total. The van der Waals surface area contributed by atoms with Crippen LogP contribution in [0.2, 0.25) is 5.02 Å². The minimum Gasteiger partial charge on any atom is -0.497 e. The van der Waals surface area contributed by atoms with Gasteiger partial charge in [0.15, 0.2) is 4.96 Å². The number of hydrogen-bond donors (Lipinski definition) is 1. The summed E-state index contributed by atoms with van der Waals surface area (Å²) in [4.78, 5) is 18.0. The number of rotatable bonds is 5. The highest BCUT2D eigenvalue weighted by molar-refractivity contribution is 7.15. The summed E-state index contributed by atoms with van der Waals surface area (Å²) < 4.78 is 7.16. The number of nitrogens with one attached hydrogen (secondary N) is 1. The SMILES string of the molecule is COc1ccc(-c2cn3c(CC(=O)Nc4ccc(C)c(Cl)c4)csc3n2)cc1. The van der Waals surface area contributed by atoms with E-state index in [1.807, 2.05) is 59.3 Å². The number of amides is 1. The Bertz CT molecular complexity index is 1150. The lowest BCUT2D eigenvalue weighted by molar-refractivity contribution is -0.115. The maximum atomic E-state index is 12.5. The third-order valence-corrected chi connectivity index (χ3v) is 5.76. The number of ether oxygens (including phenoxy) is 1. The summed E-state index contributed by atoms with van der Waals surface area (Å²) in [7, 11) is 1.64.